The molecule has 88 valence electrons. The maximum absolute atomic E-state index is 4.63. The molecule has 4 heteroatoms. The van der Waals surface area contributed by atoms with Gasteiger partial charge in [0, 0.05) is 31.1 Å². The van der Waals surface area contributed by atoms with Crippen LogP contribution in [0.3, 0.4) is 0 Å². The average molecular weight is 228 g/mol. The topological polar surface area (TPSA) is 53.6 Å². The monoisotopic (exact) mass is 228 g/mol. The lowest BCUT2D eigenvalue weighted by atomic mass is 10.2. The molecule has 1 aliphatic rings. The average Bonchev–Trinajstić information content (AvgIpc) is 2.98. The minimum atomic E-state index is 0.860. The highest BCUT2D eigenvalue weighted by Crippen LogP contribution is 2.21. The Balaban J connectivity index is 1.58. The summed E-state index contributed by atoms with van der Waals surface area (Å²) >= 11 is 0. The molecule has 17 heavy (non-hydrogen) atoms. The molecule has 0 aromatic carbocycles. The largest absolute Gasteiger partial charge is 0.370 e. The van der Waals surface area contributed by atoms with Crippen LogP contribution in [0.2, 0.25) is 0 Å². The molecule has 2 N–H and O–H groups in total. The molecule has 0 saturated heterocycles. The zero-order valence-electron chi connectivity index (χ0n) is 9.74. The van der Waals surface area contributed by atoms with Crippen LogP contribution >= 0.6 is 0 Å². The molecule has 2 heterocycles. The Labute approximate surface area is 101 Å². The van der Waals surface area contributed by atoms with Gasteiger partial charge in [-0.2, -0.15) is 0 Å². The highest BCUT2D eigenvalue weighted by Gasteiger charge is 2.11. The summed E-state index contributed by atoms with van der Waals surface area (Å²) in [5, 5.41) is 3.34. The molecule has 0 unspecified atom stereocenters. The van der Waals surface area contributed by atoms with E-state index < -0.39 is 0 Å². The summed E-state index contributed by atoms with van der Waals surface area (Å²) in [4.78, 5) is 11.9. The SMILES string of the molecule is c1c[nH]c(CCNc2ccc3c(n2)CCC3)n1. The Hall–Kier alpha value is -1.84. The smallest absolute Gasteiger partial charge is 0.126 e. The Morgan fingerprint density at radius 1 is 1.29 bits per heavy atom. The second-order valence-electron chi connectivity index (χ2n) is 4.37. The fourth-order valence-electron chi connectivity index (χ4n) is 2.26. The molecule has 4 nitrogen and oxygen atoms in total. The lowest BCUT2D eigenvalue weighted by molar-refractivity contribution is 0.895. The Morgan fingerprint density at radius 3 is 3.18 bits per heavy atom. The lowest BCUT2D eigenvalue weighted by Gasteiger charge is -2.06. The van der Waals surface area contributed by atoms with Crippen LogP contribution in [0.15, 0.2) is 24.5 Å². The van der Waals surface area contributed by atoms with Crippen molar-refractivity contribution in [3.63, 3.8) is 0 Å². The molecule has 0 aliphatic heterocycles. The molecule has 3 rings (SSSR count). The molecule has 0 radical (unpaired) electrons. The fraction of sp³-hybridized carbons (Fsp3) is 0.385. The third-order valence-electron chi connectivity index (χ3n) is 3.15. The van der Waals surface area contributed by atoms with Gasteiger partial charge in [-0.3, -0.25) is 0 Å². The summed E-state index contributed by atoms with van der Waals surface area (Å²) in [6, 6.07) is 4.27. The number of aromatic nitrogens is 3. The van der Waals surface area contributed by atoms with Crippen molar-refractivity contribution in [1.82, 2.24) is 15.0 Å². The predicted octanol–water partition coefficient (Wildman–Crippen LogP) is 1.95. The Kier molecular flexibility index (Phi) is 2.78. The molecular weight excluding hydrogens is 212 g/mol. The van der Waals surface area contributed by atoms with Crippen LogP contribution in [0.1, 0.15) is 23.5 Å². The molecule has 0 saturated carbocycles. The molecule has 0 atom stereocenters. The van der Waals surface area contributed by atoms with E-state index in [2.05, 4.69) is 32.4 Å². The summed E-state index contributed by atoms with van der Waals surface area (Å²) < 4.78 is 0. The maximum atomic E-state index is 4.63. The van der Waals surface area contributed by atoms with Crippen LogP contribution in [0.25, 0.3) is 0 Å². The second-order valence-corrected chi connectivity index (χ2v) is 4.37. The molecule has 1 aliphatic carbocycles. The maximum Gasteiger partial charge on any atom is 0.126 e. The number of aromatic amines is 1. The minimum Gasteiger partial charge on any atom is -0.370 e. The van der Waals surface area contributed by atoms with Crippen LogP contribution in [0.4, 0.5) is 5.82 Å². The molecule has 0 spiro atoms. The second kappa shape index (κ2) is 4.57. The van der Waals surface area contributed by atoms with Gasteiger partial charge in [-0.05, 0) is 30.9 Å². The van der Waals surface area contributed by atoms with Crippen LogP contribution in [-0.4, -0.2) is 21.5 Å². The van der Waals surface area contributed by atoms with E-state index in [1.807, 2.05) is 6.20 Å². The number of hydrogen-bond acceptors (Lipinski definition) is 3. The van der Waals surface area contributed by atoms with Crippen LogP contribution in [0.5, 0.6) is 0 Å². The van der Waals surface area contributed by atoms with Gasteiger partial charge in [0.1, 0.15) is 11.6 Å². The van der Waals surface area contributed by atoms with Crippen LogP contribution < -0.4 is 5.32 Å². The summed E-state index contributed by atoms with van der Waals surface area (Å²) in [7, 11) is 0. The number of nitrogens with zero attached hydrogens (tertiary/aromatic N) is 2. The van der Waals surface area contributed by atoms with E-state index in [1.165, 1.54) is 24.1 Å². The minimum absolute atomic E-state index is 0.860. The summed E-state index contributed by atoms with van der Waals surface area (Å²) in [5.41, 5.74) is 2.69. The molecule has 2 aromatic rings. The molecule has 0 amide bonds. The van der Waals surface area contributed by atoms with Gasteiger partial charge in [0.2, 0.25) is 0 Å². The number of aryl methyl sites for hydroxylation is 2. The van der Waals surface area contributed by atoms with Gasteiger partial charge in [-0.25, -0.2) is 9.97 Å². The van der Waals surface area contributed by atoms with Gasteiger partial charge in [0.15, 0.2) is 0 Å². The van der Waals surface area contributed by atoms with Crippen molar-refractivity contribution in [2.45, 2.75) is 25.7 Å². The number of rotatable bonds is 4. The number of hydrogen-bond donors (Lipinski definition) is 2. The Morgan fingerprint density at radius 2 is 2.29 bits per heavy atom. The molecular formula is C13H16N4. The van der Waals surface area contributed by atoms with Gasteiger partial charge in [-0.15, -0.1) is 0 Å². The highest BCUT2D eigenvalue weighted by molar-refractivity contribution is 5.40. The summed E-state index contributed by atoms with van der Waals surface area (Å²) in [5.74, 6) is 2.00. The third-order valence-corrected chi connectivity index (χ3v) is 3.15. The van der Waals surface area contributed by atoms with E-state index in [0.29, 0.717) is 0 Å². The fourth-order valence-corrected chi connectivity index (χ4v) is 2.26. The zero-order chi connectivity index (χ0) is 11.5. The van der Waals surface area contributed by atoms with Gasteiger partial charge in [0.05, 0.1) is 0 Å². The first kappa shape index (κ1) is 10.3. The van der Waals surface area contributed by atoms with Crippen molar-refractivity contribution in [1.29, 1.82) is 0 Å². The first-order valence-corrected chi connectivity index (χ1v) is 6.13. The van der Waals surface area contributed by atoms with Crippen molar-refractivity contribution in [2.75, 3.05) is 11.9 Å². The number of fused-ring (bicyclic) bond motifs is 1. The van der Waals surface area contributed by atoms with Crippen molar-refractivity contribution in [3.05, 3.63) is 41.6 Å². The summed E-state index contributed by atoms with van der Waals surface area (Å²) in [6.45, 7) is 0.860. The van der Waals surface area contributed by atoms with Gasteiger partial charge in [0.25, 0.3) is 0 Å². The van der Waals surface area contributed by atoms with Crippen LogP contribution in [-0.2, 0) is 19.3 Å². The number of nitrogens with one attached hydrogen (secondary N) is 2. The van der Waals surface area contributed by atoms with Gasteiger partial charge < -0.3 is 10.3 Å². The van der Waals surface area contributed by atoms with E-state index in [1.54, 1.807) is 6.20 Å². The number of H-pyrrole nitrogens is 1. The van der Waals surface area contributed by atoms with E-state index >= 15 is 0 Å². The van der Waals surface area contributed by atoms with E-state index in [0.717, 1.165) is 31.0 Å². The molecule has 0 fully saturated rings. The standard InChI is InChI=1S/C13H16N4/c1-2-10-4-5-13(17-11(10)3-1)14-7-6-12-15-8-9-16-12/h4-5,8-9H,1-3,6-7H2,(H,14,17)(H,15,16). The van der Waals surface area contributed by atoms with Crippen molar-refractivity contribution in [3.8, 4) is 0 Å². The zero-order valence-corrected chi connectivity index (χ0v) is 9.74. The normalized spacial score (nSPS) is 13.6. The first-order chi connectivity index (χ1) is 8.42. The number of anilines is 1. The van der Waals surface area contributed by atoms with Crippen molar-refractivity contribution in [2.24, 2.45) is 0 Å². The highest BCUT2D eigenvalue weighted by atomic mass is 15.0. The van der Waals surface area contributed by atoms with E-state index in [4.69, 9.17) is 0 Å². The van der Waals surface area contributed by atoms with Crippen molar-refractivity contribution >= 4 is 5.82 Å². The van der Waals surface area contributed by atoms with E-state index in [-0.39, 0.29) is 0 Å². The van der Waals surface area contributed by atoms with Gasteiger partial charge >= 0.3 is 0 Å². The van der Waals surface area contributed by atoms with Crippen LogP contribution in [0, 0.1) is 0 Å². The lowest BCUT2D eigenvalue weighted by Crippen LogP contribution is -2.08. The van der Waals surface area contributed by atoms with Crippen molar-refractivity contribution < 1.29 is 0 Å². The number of pyridine rings is 1. The van der Waals surface area contributed by atoms with E-state index in [9.17, 15) is 0 Å². The predicted molar refractivity (Wildman–Crippen MR) is 67.0 cm³/mol. The Bertz CT molecular complexity index is 490. The quantitative estimate of drug-likeness (QED) is 0.841. The number of imidazole rings is 1. The van der Waals surface area contributed by atoms with Gasteiger partial charge in [-0.1, -0.05) is 6.07 Å². The molecule has 2 aromatic heterocycles. The first-order valence-electron chi connectivity index (χ1n) is 6.13. The molecule has 0 bridgehead atoms. The third kappa shape index (κ3) is 2.30. The summed E-state index contributed by atoms with van der Waals surface area (Å²) in [6.07, 6.45) is 8.09.